The molecule has 4 rings (SSSR count). The van der Waals surface area contributed by atoms with Crippen LogP contribution in [0.5, 0.6) is 5.75 Å². The van der Waals surface area contributed by atoms with E-state index < -0.39 is 0 Å². The number of rotatable bonds is 6. The van der Waals surface area contributed by atoms with E-state index in [0.717, 1.165) is 35.5 Å². The van der Waals surface area contributed by atoms with Crippen LogP contribution in [0.4, 0.5) is 5.69 Å². The number of amides is 2. The Labute approximate surface area is 188 Å². The van der Waals surface area contributed by atoms with E-state index >= 15 is 0 Å². The molecule has 1 fully saturated rings. The summed E-state index contributed by atoms with van der Waals surface area (Å²) in [6, 6.07) is 19.0. The zero-order valence-electron chi connectivity index (χ0n) is 18.5. The minimum Gasteiger partial charge on any atom is -0.497 e. The highest BCUT2D eigenvalue weighted by Crippen LogP contribution is 2.28. The van der Waals surface area contributed by atoms with Gasteiger partial charge in [0.2, 0.25) is 5.91 Å². The van der Waals surface area contributed by atoms with Crippen molar-refractivity contribution in [1.82, 2.24) is 15.1 Å². The molecule has 2 heterocycles. The quantitative estimate of drug-likeness (QED) is 0.645. The maximum atomic E-state index is 12.8. The van der Waals surface area contributed by atoms with Gasteiger partial charge >= 0.3 is 0 Å². The van der Waals surface area contributed by atoms with E-state index in [9.17, 15) is 9.59 Å². The predicted molar refractivity (Wildman–Crippen MR) is 123 cm³/mol. The Balaban J connectivity index is 1.32. The summed E-state index contributed by atoms with van der Waals surface area (Å²) in [5.74, 6) is 1.04. The third kappa shape index (κ3) is 4.82. The van der Waals surface area contributed by atoms with E-state index in [2.05, 4.69) is 10.2 Å². The Morgan fingerprint density at radius 2 is 1.78 bits per heavy atom. The van der Waals surface area contributed by atoms with Crippen molar-refractivity contribution in [1.29, 1.82) is 0 Å². The topological polar surface area (TPSA) is 78.5 Å². The number of anilines is 1. The minimum absolute atomic E-state index is 0.138. The number of carbonyl (C=O) groups excluding carboxylic acids is 2. The van der Waals surface area contributed by atoms with Crippen molar-refractivity contribution in [3.8, 4) is 5.75 Å². The number of likely N-dealkylation sites (tertiary alicyclic amines) is 1. The number of methoxy groups -OCH3 is 1. The Morgan fingerprint density at radius 1 is 1.09 bits per heavy atom. The van der Waals surface area contributed by atoms with E-state index in [1.54, 1.807) is 19.1 Å². The molecule has 7 heteroatoms. The second-order valence-electron chi connectivity index (χ2n) is 8.09. The largest absolute Gasteiger partial charge is 0.497 e. The van der Waals surface area contributed by atoms with Gasteiger partial charge in [0.25, 0.3) is 5.91 Å². The summed E-state index contributed by atoms with van der Waals surface area (Å²) >= 11 is 0. The molecule has 0 unspecified atom stereocenters. The molecular formula is C25H28N4O3. The number of H-pyrrole nitrogens is 1. The number of hydrogen-bond acceptors (Lipinski definition) is 4. The third-order valence-corrected chi connectivity index (χ3v) is 6.07. The standard InChI is InChI=1S/C25H28N4O3/c1-28(20-6-4-3-5-7-20)25(31)23-17-22(26-27-23)19-12-14-29(15-13-19)24(30)16-18-8-10-21(32-2)11-9-18/h3-11,17,19H,12-16H2,1-2H3,(H,26,27). The summed E-state index contributed by atoms with van der Waals surface area (Å²) in [6.07, 6.45) is 2.08. The van der Waals surface area contributed by atoms with Crippen molar-refractivity contribution >= 4 is 17.5 Å². The van der Waals surface area contributed by atoms with Crippen LogP contribution < -0.4 is 9.64 Å². The van der Waals surface area contributed by atoms with Crippen LogP contribution in [0.15, 0.2) is 60.7 Å². The zero-order chi connectivity index (χ0) is 22.5. The molecule has 0 radical (unpaired) electrons. The van der Waals surface area contributed by atoms with E-state index in [0.29, 0.717) is 25.2 Å². The number of nitrogens with one attached hydrogen (secondary N) is 1. The lowest BCUT2D eigenvalue weighted by Gasteiger charge is -2.31. The van der Waals surface area contributed by atoms with Crippen LogP contribution in [0, 0.1) is 0 Å². The number of aromatic amines is 1. The van der Waals surface area contributed by atoms with E-state index in [-0.39, 0.29) is 17.7 Å². The van der Waals surface area contributed by atoms with Gasteiger partial charge in [-0.1, -0.05) is 30.3 Å². The van der Waals surface area contributed by atoms with Crippen molar-refractivity contribution in [2.75, 3.05) is 32.1 Å². The van der Waals surface area contributed by atoms with Crippen LogP contribution in [-0.4, -0.2) is 54.2 Å². The molecule has 1 N–H and O–H groups in total. The number of nitrogens with zero attached hydrogens (tertiary/aromatic N) is 3. The summed E-state index contributed by atoms with van der Waals surface area (Å²) in [4.78, 5) is 29.0. The molecule has 1 saturated heterocycles. The molecule has 0 bridgehead atoms. The van der Waals surface area contributed by atoms with Crippen LogP contribution in [0.1, 0.15) is 40.5 Å². The van der Waals surface area contributed by atoms with E-state index in [1.165, 1.54) is 0 Å². The van der Waals surface area contributed by atoms with Gasteiger partial charge in [-0.3, -0.25) is 14.7 Å². The lowest BCUT2D eigenvalue weighted by atomic mass is 9.93. The molecule has 0 aliphatic carbocycles. The van der Waals surface area contributed by atoms with Crippen molar-refractivity contribution in [3.63, 3.8) is 0 Å². The van der Waals surface area contributed by atoms with Gasteiger partial charge in [-0.2, -0.15) is 5.10 Å². The van der Waals surface area contributed by atoms with Crippen molar-refractivity contribution < 1.29 is 14.3 Å². The highest BCUT2D eigenvalue weighted by molar-refractivity contribution is 6.04. The fraction of sp³-hybridized carbons (Fsp3) is 0.320. The Kier molecular flexibility index (Phi) is 6.54. The molecule has 1 aliphatic rings. The number of ether oxygens (including phenoxy) is 1. The van der Waals surface area contributed by atoms with E-state index in [4.69, 9.17) is 4.74 Å². The lowest BCUT2D eigenvalue weighted by molar-refractivity contribution is -0.131. The molecule has 1 aromatic heterocycles. The fourth-order valence-electron chi connectivity index (χ4n) is 4.07. The van der Waals surface area contributed by atoms with Crippen LogP contribution in [0.3, 0.4) is 0 Å². The van der Waals surface area contributed by atoms with Gasteiger partial charge < -0.3 is 14.5 Å². The second-order valence-corrected chi connectivity index (χ2v) is 8.09. The van der Waals surface area contributed by atoms with Gasteiger partial charge in [-0.25, -0.2) is 0 Å². The number of aromatic nitrogens is 2. The molecule has 7 nitrogen and oxygen atoms in total. The monoisotopic (exact) mass is 432 g/mol. The second kappa shape index (κ2) is 9.68. The summed E-state index contributed by atoms with van der Waals surface area (Å²) < 4.78 is 5.17. The summed E-state index contributed by atoms with van der Waals surface area (Å²) in [5, 5.41) is 7.30. The number of hydrogen-bond donors (Lipinski definition) is 1. The van der Waals surface area contributed by atoms with Crippen molar-refractivity contribution in [2.24, 2.45) is 0 Å². The molecule has 166 valence electrons. The molecule has 32 heavy (non-hydrogen) atoms. The summed E-state index contributed by atoms with van der Waals surface area (Å²) in [7, 11) is 3.38. The molecule has 0 spiro atoms. The number of carbonyl (C=O) groups is 2. The van der Waals surface area contributed by atoms with Crippen LogP contribution >= 0.6 is 0 Å². The van der Waals surface area contributed by atoms with Gasteiger partial charge in [0.15, 0.2) is 5.69 Å². The maximum Gasteiger partial charge on any atom is 0.278 e. The SMILES string of the molecule is COc1ccc(CC(=O)N2CCC(c3cc(C(=O)N(C)c4ccccc4)n[nH]3)CC2)cc1. The van der Waals surface area contributed by atoms with Crippen LogP contribution in [0.25, 0.3) is 0 Å². The predicted octanol–water partition coefficient (Wildman–Crippen LogP) is 3.64. The summed E-state index contributed by atoms with van der Waals surface area (Å²) in [6.45, 7) is 1.40. The first kappa shape index (κ1) is 21.6. The average Bonchev–Trinajstić information content (AvgIpc) is 3.34. The first-order valence-electron chi connectivity index (χ1n) is 10.8. The van der Waals surface area contributed by atoms with Crippen molar-refractivity contribution in [2.45, 2.75) is 25.2 Å². The highest BCUT2D eigenvalue weighted by Gasteiger charge is 2.26. The van der Waals surface area contributed by atoms with Gasteiger partial charge in [-0.15, -0.1) is 0 Å². The zero-order valence-corrected chi connectivity index (χ0v) is 18.5. The lowest BCUT2D eigenvalue weighted by Crippen LogP contribution is -2.38. The molecular weight excluding hydrogens is 404 g/mol. The number of piperidine rings is 1. The van der Waals surface area contributed by atoms with Crippen molar-refractivity contribution in [3.05, 3.63) is 77.6 Å². The first-order chi connectivity index (χ1) is 15.5. The van der Waals surface area contributed by atoms with Gasteiger partial charge in [0.05, 0.1) is 13.5 Å². The number of benzene rings is 2. The minimum atomic E-state index is -0.147. The first-order valence-corrected chi connectivity index (χ1v) is 10.8. The average molecular weight is 433 g/mol. The highest BCUT2D eigenvalue weighted by atomic mass is 16.5. The Morgan fingerprint density at radius 3 is 2.44 bits per heavy atom. The Hall–Kier alpha value is -3.61. The smallest absolute Gasteiger partial charge is 0.278 e. The molecule has 1 aliphatic heterocycles. The summed E-state index contributed by atoms with van der Waals surface area (Å²) in [5.41, 5.74) is 3.17. The normalized spacial score (nSPS) is 14.2. The van der Waals surface area contributed by atoms with Crippen LogP contribution in [0.2, 0.25) is 0 Å². The third-order valence-electron chi connectivity index (χ3n) is 6.07. The molecule has 2 amide bonds. The molecule has 3 aromatic rings. The molecule has 0 atom stereocenters. The number of para-hydroxylation sites is 1. The molecule has 2 aromatic carbocycles. The van der Waals surface area contributed by atoms with E-state index in [1.807, 2.05) is 65.6 Å². The van der Waals surface area contributed by atoms with Gasteiger partial charge in [-0.05, 0) is 48.7 Å². The molecule has 0 saturated carbocycles. The maximum absolute atomic E-state index is 12.8. The fourth-order valence-corrected chi connectivity index (χ4v) is 4.07. The van der Waals surface area contributed by atoms with Crippen LogP contribution in [-0.2, 0) is 11.2 Å². The van der Waals surface area contributed by atoms with Gasteiger partial charge in [0, 0.05) is 37.4 Å². The Bertz CT molecular complexity index is 1050. The van der Waals surface area contributed by atoms with Gasteiger partial charge in [0.1, 0.15) is 5.75 Å².